The normalized spacial score (nSPS) is 13.9. The molecule has 0 saturated carbocycles. The van der Waals surface area contributed by atoms with E-state index < -0.39 is 26.5 Å². The Morgan fingerprint density at radius 1 is 0.457 bits per heavy atom. The van der Waals surface area contributed by atoms with Crippen LogP contribution in [0.2, 0.25) is 0 Å². The smallest absolute Gasteiger partial charge is 0.306 e. The lowest BCUT2D eigenvalue weighted by atomic mass is 10.0. The molecule has 0 rings (SSSR count). The Hall–Kier alpha value is -2.55. The highest BCUT2D eigenvalue weighted by atomic mass is 31.2. The molecule has 2 unspecified atom stereocenters. The molecule has 2 atom stereocenters. The number of rotatable bonds is 52. The lowest BCUT2D eigenvalue weighted by Crippen LogP contribution is -2.37. The summed E-state index contributed by atoms with van der Waals surface area (Å²) in [7, 11) is 1.15. The minimum absolute atomic E-state index is 0.0383. The number of allylic oxidation sites excluding steroid dienone is 12. The van der Waals surface area contributed by atoms with Crippen molar-refractivity contribution in [3.05, 3.63) is 72.9 Å². The van der Waals surface area contributed by atoms with Crippen molar-refractivity contribution in [3.8, 4) is 0 Å². The predicted octanol–water partition coefficient (Wildman–Crippen LogP) is 17.1. The average molecular weight is 1000 g/mol. The third kappa shape index (κ3) is 54.8. The van der Waals surface area contributed by atoms with Gasteiger partial charge in [0, 0.05) is 12.8 Å². The standard InChI is InChI=1S/C60H108NO8P/c1-6-8-10-12-14-16-18-20-22-24-26-28-30-32-34-36-38-40-42-44-46-48-50-52-59(62)66-56-58(57-68-70(64,65)67-55-54-61(3,4)5)69-60(63)53-51-49-47-45-43-41-39-37-35-33-31-29-27-25-23-21-19-17-15-13-11-9-7-2/h9,11,15,17,21,23,27,29,33,35,39,41,58H,6-8,10,12-14,16,18-20,22,24-26,28,30-32,34,36-38,40,42-57H2,1-5H3/b11-9-,17-15-,23-21-,29-27-,35-33-,41-39-. The fourth-order valence-corrected chi connectivity index (χ4v) is 8.57. The van der Waals surface area contributed by atoms with Gasteiger partial charge in [0.05, 0.1) is 27.7 Å². The van der Waals surface area contributed by atoms with E-state index in [2.05, 4.69) is 86.8 Å². The van der Waals surface area contributed by atoms with E-state index in [-0.39, 0.29) is 32.0 Å². The van der Waals surface area contributed by atoms with Gasteiger partial charge in [0.25, 0.3) is 7.82 Å². The van der Waals surface area contributed by atoms with Crippen molar-refractivity contribution >= 4 is 19.8 Å². The van der Waals surface area contributed by atoms with Crippen molar-refractivity contribution in [2.75, 3.05) is 47.5 Å². The maximum Gasteiger partial charge on any atom is 0.306 e. The number of nitrogens with zero attached hydrogens (tertiary/aromatic N) is 1. The number of quaternary nitrogens is 1. The van der Waals surface area contributed by atoms with Crippen molar-refractivity contribution < 1.29 is 42.1 Å². The number of esters is 2. The maximum absolute atomic E-state index is 12.8. The first kappa shape index (κ1) is 67.5. The zero-order valence-electron chi connectivity index (χ0n) is 46.0. The van der Waals surface area contributed by atoms with E-state index in [0.717, 1.165) is 83.5 Å². The molecule has 0 fully saturated rings. The van der Waals surface area contributed by atoms with Gasteiger partial charge in [-0.2, -0.15) is 0 Å². The number of phosphoric acid groups is 1. The van der Waals surface area contributed by atoms with Gasteiger partial charge in [-0.1, -0.05) is 241 Å². The predicted molar refractivity (Wildman–Crippen MR) is 296 cm³/mol. The molecule has 0 amide bonds. The third-order valence-corrected chi connectivity index (χ3v) is 13.2. The van der Waals surface area contributed by atoms with E-state index in [1.165, 1.54) is 128 Å². The van der Waals surface area contributed by atoms with Crippen LogP contribution >= 0.6 is 7.82 Å². The second-order valence-electron chi connectivity index (χ2n) is 20.3. The molecular weight excluding hydrogens is 894 g/mol. The second kappa shape index (κ2) is 51.4. The molecule has 0 spiro atoms. The van der Waals surface area contributed by atoms with Gasteiger partial charge in [0.1, 0.15) is 19.8 Å². The van der Waals surface area contributed by atoms with Gasteiger partial charge >= 0.3 is 11.9 Å². The number of hydrogen-bond acceptors (Lipinski definition) is 8. The molecule has 0 N–H and O–H groups in total. The summed E-state index contributed by atoms with van der Waals surface area (Å²) in [4.78, 5) is 37.9. The highest BCUT2D eigenvalue weighted by molar-refractivity contribution is 7.45. The minimum Gasteiger partial charge on any atom is -0.756 e. The molecule has 70 heavy (non-hydrogen) atoms. The summed E-state index contributed by atoms with van der Waals surface area (Å²) in [5.74, 6) is -0.857. The summed E-state index contributed by atoms with van der Waals surface area (Å²) in [6, 6.07) is 0. The number of hydrogen-bond donors (Lipinski definition) is 0. The van der Waals surface area contributed by atoms with Crippen LogP contribution in [0.25, 0.3) is 0 Å². The van der Waals surface area contributed by atoms with Gasteiger partial charge in [-0.15, -0.1) is 0 Å². The summed E-state index contributed by atoms with van der Waals surface area (Å²) in [6.45, 7) is 4.12. The van der Waals surface area contributed by atoms with Crippen LogP contribution in [0.3, 0.4) is 0 Å². The SMILES string of the molecule is CC/C=C\C/C=C\C/C=C\C/C=C\C/C=C\C/C=C\CCCCCCC(=O)OC(COC(=O)CCCCCCCCCCCCCCCCCCCCCCCCC)COP(=O)([O-])OCC[N+](C)(C)C. The number of likely N-dealkylation sites (N-methyl/N-ethyl adjacent to an activating group) is 1. The van der Waals surface area contributed by atoms with Gasteiger partial charge in [0.15, 0.2) is 6.10 Å². The van der Waals surface area contributed by atoms with E-state index >= 15 is 0 Å². The molecule has 0 aromatic heterocycles. The molecular formula is C60H108NO8P. The van der Waals surface area contributed by atoms with Crippen LogP contribution in [0.1, 0.15) is 245 Å². The molecule has 10 heteroatoms. The first-order valence-electron chi connectivity index (χ1n) is 28.6. The second-order valence-corrected chi connectivity index (χ2v) is 21.7. The Morgan fingerprint density at radius 3 is 1.21 bits per heavy atom. The van der Waals surface area contributed by atoms with Crippen LogP contribution in [0, 0.1) is 0 Å². The molecule has 406 valence electrons. The number of ether oxygens (including phenoxy) is 2. The van der Waals surface area contributed by atoms with Crippen LogP contribution in [-0.4, -0.2) is 70.0 Å². The highest BCUT2D eigenvalue weighted by Gasteiger charge is 2.21. The Bertz CT molecular complexity index is 1410. The minimum atomic E-state index is -4.65. The number of unbranched alkanes of at least 4 members (excludes halogenated alkanes) is 26. The molecule has 0 radical (unpaired) electrons. The molecule has 0 aromatic carbocycles. The topological polar surface area (TPSA) is 111 Å². The van der Waals surface area contributed by atoms with Crippen molar-refractivity contribution in [2.45, 2.75) is 251 Å². The van der Waals surface area contributed by atoms with Crippen molar-refractivity contribution in [3.63, 3.8) is 0 Å². The monoisotopic (exact) mass is 1000 g/mol. The maximum atomic E-state index is 12.8. The third-order valence-electron chi connectivity index (χ3n) is 12.2. The van der Waals surface area contributed by atoms with E-state index in [4.69, 9.17) is 18.5 Å². The number of carbonyl (C=O) groups excluding carboxylic acids is 2. The Balaban J connectivity index is 4.23. The van der Waals surface area contributed by atoms with Crippen LogP contribution in [0.4, 0.5) is 0 Å². The largest absolute Gasteiger partial charge is 0.756 e. The van der Waals surface area contributed by atoms with Crippen LogP contribution < -0.4 is 4.89 Å². The fraction of sp³-hybridized carbons (Fsp3) is 0.767. The van der Waals surface area contributed by atoms with Crippen molar-refractivity contribution in [1.82, 2.24) is 0 Å². The van der Waals surface area contributed by atoms with E-state index in [0.29, 0.717) is 17.4 Å². The van der Waals surface area contributed by atoms with Gasteiger partial charge in [-0.05, 0) is 64.2 Å². The molecule has 0 aliphatic heterocycles. The first-order chi connectivity index (χ1) is 34.0. The summed E-state index contributed by atoms with van der Waals surface area (Å²) in [5.41, 5.74) is 0. The van der Waals surface area contributed by atoms with E-state index in [1.807, 2.05) is 21.1 Å². The van der Waals surface area contributed by atoms with Crippen LogP contribution in [-0.2, 0) is 32.7 Å². The molecule has 0 aromatic rings. The van der Waals surface area contributed by atoms with Gasteiger partial charge in [0.2, 0.25) is 0 Å². The highest BCUT2D eigenvalue weighted by Crippen LogP contribution is 2.38. The molecule has 0 aliphatic rings. The van der Waals surface area contributed by atoms with Crippen molar-refractivity contribution in [2.24, 2.45) is 0 Å². The van der Waals surface area contributed by atoms with Gasteiger partial charge in [-0.25, -0.2) is 0 Å². The molecule has 0 heterocycles. The summed E-state index contributed by atoms with van der Waals surface area (Å²) in [6.07, 6.45) is 66.6. The zero-order chi connectivity index (χ0) is 51.3. The summed E-state index contributed by atoms with van der Waals surface area (Å²) >= 11 is 0. The average Bonchev–Trinajstić information content (AvgIpc) is 3.32. The summed E-state index contributed by atoms with van der Waals surface area (Å²) < 4.78 is 34.1. The molecule has 0 saturated heterocycles. The number of carbonyl (C=O) groups is 2. The first-order valence-corrected chi connectivity index (χ1v) is 30.1. The molecule has 0 aliphatic carbocycles. The van der Waals surface area contributed by atoms with E-state index in [9.17, 15) is 19.0 Å². The van der Waals surface area contributed by atoms with Crippen molar-refractivity contribution in [1.29, 1.82) is 0 Å². The van der Waals surface area contributed by atoms with Gasteiger partial charge < -0.3 is 27.9 Å². The van der Waals surface area contributed by atoms with Crippen LogP contribution in [0.5, 0.6) is 0 Å². The number of phosphoric ester groups is 1. The zero-order valence-corrected chi connectivity index (χ0v) is 46.8. The molecule has 9 nitrogen and oxygen atoms in total. The molecule has 0 bridgehead atoms. The Morgan fingerprint density at radius 2 is 0.814 bits per heavy atom. The quantitative estimate of drug-likeness (QED) is 0.0195. The lowest BCUT2D eigenvalue weighted by molar-refractivity contribution is -0.870. The van der Waals surface area contributed by atoms with Crippen LogP contribution in [0.15, 0.2) is 72.9 Å². The Labute approximate surface area is 431 Å². The summed E-state index contributed by atoms with van der Waals surface area (Å²) in [5, 5.41) is 0. The Kier molecular flexibility index (Phi) is 49.5. The van der Waals surface area contributed by atoms with Gasteiger partial charge in [-0.3, -0.25) is 14.2 Å². The fourth-order valence-electron chi connectivity index (χ4n) is 7.84. The lowest BCUT2D eigenvalue weighted by Gasteiger charge is -2.28. The van der Waals surface area contributed by atoms with E-state index in [1.54, 1.807) is 0 Å².